The molecule has 18 atom stereocenters. The summed E-state index contributed by atoms with van der Waals surface area (Å²) in [6.45, 7) is 36.0. The third-order valence-corrected chi connectivity index (χ3v) is 45.5. The SMILES string of the molecule is C.C=CC(C[C@H]1O[C@H]2[C@@H](O[Si](c3ccccc3)(c3ccccc3)C(C)(C)C)[C@H]3OC(CC=O)CC[C@@H]3O[C@H]2[C@H]1O[Si](c1ccccc1)(c1ccccc1)C(C)(C)C)OC.C=CC(C[C@H]1O[C@H]2[C@@H](O[Si](c3ccccc3)(c3ccccc3)C(C)(C)C)[C@H]3OC(CCO)CC[C@@H]3O[C@H]2[C@H]1O[Si](c1ccccc1)(c1ccccc1)C(C)(C)C)OC. The largest absolute Gasteiger partial charge is 0.399 e. The van der Waals surface area contributed by atoms with Crippen molar-refractivity contribution in [3.63, 3.8) is 0 Å². The normalized spacial score (nSPS) is 26.8. The Balaban J connectivity index is 0.000000214. The molecule has 6 saturated heterocycles. The lowest BCUT2D eigenvalue weighted by Gasteiger charge is -2.53. The first-order chi connectivity index (χ1) is 55.7. The number of hydrogen-bond donors (Lipinski definition) is 1. The smallest absolute Gasteiger partial charge is 0.261 e. The number of carbonyl (C=O) groups excluding carboxylic acids is 1. The Kier molecular flexibility index (Phi) is 29.2. The molecular weight excluding hydrogens is 1530 g/mol. The molecule has 8 aromatic rings. The van der Waals surface area contributed by atoms with E-state index in [1.807, 2.05) is 12.2 Å². The number of benzene rings is 8. The first-order valence-corrected chi connectivity index (χ1v) is 49.8. The second-order valence-electron chi connectivity index (χ2n) is 36.5. The predicted octanol–water partition coefficient (Wildman–Crippen LogP) is 14.7. The van der Waals surface area contributed by atoms with Crippen molar-refractivity contribution in [3.8, 4) is 0 Å². The minimum atomic E-state index is -3.14. The predicted molar refractivity (Wildman–Crippen MR) is 481 cm³/mol. The first-order valence-electron chi connectivity index (χ1n) is 42.2. The van der Waals surface area contributed by atoms with Gasteiger partial charge in [0.1, 0.15) is 67.3 Å². The van der Waals surface area contributed by atoms with Gasteiger partial charge in [0.2, 0.25) is 0 Å². The molecule has 0 spiro atoms. The summed E-state index contributed by atoms with van der Waals surface area (Å²) in [6, 6.07) is 86.1. The monoisotopic (exact) mass is 1650 g/mol. The molecule has 8 aromatic carbocycles. The van der Waals surface area contributed by atoms with E-state index in [9.17, 15) is 9.90 Å². The highest BCUT2D eigenvalue weighted by Gasteiger charge is 2.67. The van der Waals surface area contributed by atoms with Gasteiger partial charge in [-0.1, -0.05) is 345 Å². The van der Waals surface area contributed by atoms with Gasteiger partial charge in [0.25, 0.3) is 33.3 Å². The van der Waals surface area contributed by atoms with E-state index in [1.165, 1.54) is 41.5 Å². The Morgan fingerprint density at radius 3 is 0.829 bits per heavy atom. The lowest BCUT2D eigenvalue weighted by Crippen LogP contribution is -2.73. The minimum absolute atomic E-state index is 0. The number of aliphatic hydroxyl groups is 1. The molecule has 14 nitrogen and oxygen atoms in total. The molecule has 6 heterocycles. The number of fused-ring (bicyclic) bond motifs is 4. The van der Waals surface area contributed by atoms with Gasteiger partial charge < -0.3 is 65.5 Å². The molecule has 0 amide bonds. The van der Waals surface area contributed by atoms with E-state index >= 15 is 0 Å². The molecule has 0 radical (unpaired) electrons. The Morgan fingerprint density at radius 2 is 0.598 bits per heavy atom. The Hall–Kier alpha value is -6.74. The van der Waals surface area contributed by atoms with Crippen LogP contribution < -0.4 is 41.5 Å². The summed E-state index contributed by atoms with van der Waals surface area (Å²) < 4.78 is 87.7. The summed E-state index contributed by atoms with van der Waals surface area (Å²) in [4.78, 5) is 11.9. The van der Waals surface area contributed by atoms with Gasteiger partial charge in [0.05, 0.1) is 48.8 Å². The van der Waals surface area contributed by atoms with Crippen molar-refractivity contribution in [3.05, 3.63) is 268 Å². The van der Waals surface area contributed by atoms with Crippen LogP contribution in [0.1, 0.15) is 142 Å². The van der Waals surface area contributed by atoms with Crippen LogP contribution in [0.4, 0.5) is 0 Å². The van der Waals surface area contributed by atoms with Crippen LogP contribution in [0.5, 0.6) is 0 Å². The summed E-state index contributed by atoms with van der Waals surface area (Å²) in [5.74, 6) is 0. The van der Waals surface area contributed by atoms with Crippen LogP contribution in [0.3, 0.4) is 0 Å². The summed E-state index contributed by atoms with van der Waals surface area (Å²) in [5, 5.41) is 18.5. The quantitative estimate of drug-likeness (QED) is 0.0282. The number of methoxy groups -OCH3 is 2. The van der Waals surface area contributed by atoms with E-state index in [0.717, 1.165) is 32.0 Å². The standard InChI is InChI=1S/C49H64O7Si2.C49H62O7Si2.CH4/c2*1-9-35(51-8)34-42-44(55-57(48(2,3)4,37-22-14-10-15-23-37)38-24-16-11-17-25-38)45-46(54-42)47(43-41(53-45)31-30-36(52-43)32-33-50)56-58(49(5,6)7,39-26-18-12-19-27-39)40-28-20-13-21-29-40;/h9-29,35-36,41-47,50H,1,30-34H2,2-8H3;9-29,33,35-36,41-47H,1,30-32,34H2,2-8H3;1H4/t2*35?,36?,41-,42+,43-,44-,45-,46+,47-;/m00./s1. The maximum absolute atomic E-state index is 11.9. The molecule has 6 aliphatic heterocycles. The number of rotatable bonds is 28. The second kappa shape index (κ2) is 38.1. The zero-order valence-corrected chi connectivity index (χ0v) is 74.8. The Morgan fingerprint density at radius 1 is 0.359 bits per heavy atom. The topological polar surface area (TPSA) is 148 Å². The summed E-state index contributed by atoms with van der Waals surface area (Å²) in [6.07, 6.45) is 2.47. The molecule has 4 unspecified atom stereocenters. The van der Waals surface area contributed by atoms with Gasteiger partial charge in [-0.25, -0.2) is 0 Å². The van der Waals surface area contributed by atoms with Gasteiger partial charge in [-0.15, -0.1) is 13.2 Å². The van der Waals surface area contributed by atoms with Crippen molar-refractivity contribution < 1.29 is 65.5 Å². The first kappa shape index (κ1) is 89.5. The van der Waals surface area contributed by atoms with Crippen molar-refractivity contribution in [2.75, 3.05) is 20.8 Å². The molecule has 14 rings (SSSR count). The summed E-state index contributed by atoms with van der Waals surface area (Å²) >= 11 is 0. The Labute approximate surface area is 702 Å². The van der Waals surface area contributed by atoms with Crippen molar-refractivity contribution >= 4 is 81.0 Å². The van der Waals surface area contributed by atoms with Crippen LogP contribution in [0.2, 0.25) is 20.2 Å². The van der Waals surface area contributed by atoms with Crippen LogP contribution in [0, 0.1) is 0 Å². The van der Waals surface area contributed by atoms with E-state index in [4.69, 9.17) is 55.6 Å². The third kappa shape index (κ3) is 17.9. The van der Waals surface area contributed by atoms with Crippen molar-refractivity contribution in [2.24, 2.45) is 0 Å². The van der Waals surface area contributed by atoms with Crippen LogP contribution in [0.25, 0.3) is 0 Å². The van der Waals surface area contributed by atoms with Crippen molar-refractivity contribution in [1.82, 2.24) is 0 Å². The molecule has 6 aliphatic rings. The number of aldehydes is 1. The second-order valence-corrected chi connectivity index (χ2v) is 53.6. The molecule has 0 aromatic heterocycles. The summed E-state index contributed by atoms with van der Waals surface area (Å²) in [7, 11) is -9.02. The van der Waals surface area contributed by atoms with E-state index < -0.39 is 107 Å². The zero-order chi connectivity index (χ0) is 82.3. The van der Waals surface area contributed by atoms with Crippen LogP contribution in [0.15, 0.2) is 268 Å². The van der Waals surface area contributed by atoms with E-state index in [-0.39, 0.29) is 70.8 Å². The zero-order valence-electron chi connectivity index (χ0n) is 70.8. The number of hydrogen-bond acceptors (Lipinski definition) is 14. The fraction of sp³-hybridized carbons (Fsp3) is 0.465. The molecule has 18 heteroatoms. The lowest BCUT2D eigenvalue weighted by molar-refractivity contribution is -0.255. The van der Waals surface area contributed by atoms with Gasteiger partial charge in [-0.05, 0) is 93.8 Å². The van der Waals surface area contributed by atoms with Crippen LogP contribution in [-0.2, 0) is 60.4 Å². The number of aliphatic hydroxyl groups excluding tert-OH is 1. The lowest BCUT2D eigenvalue weighted by atomic mass is 9.88. The molecule has 0 bridgehead atoms. The van der Waals surface area contributed by atoms with Crippen molar-refractivity contribution in [2.45, 2.75) is 272 Å². The summed E-state index contributed by atoms with van der Waals surface area (Å²) in [5.41, 5.74) is 0. The highest BCUT2D eigenvalue weighted by atomic mass is 28.4. The Bertz CT molecular complexity index is 4240. The average molecular weight is 1660 g/mol. The molecular formula is C99H130O14Si4. The van der Waals surface area contributed by atoms with E-state index in [0.29, 0.717) is 25.7 Å². The fourth-order valence-electron chi connectivity index (χ4n) is 20.0. The molecule has 0 saturated carbocycles. The number of ether oxygens (including phenoxy) is 8. The van der Waals surface area contributed by atoms with Gasteiger partial charge in [-0.2, -0.15) is 0 Å². The third-order valence-electron chi connectivity index (χ3n) is 25.4. The fourth-order valence-corrected chi connectivity index (χ4v) is 38.8. The molecule has 0 aliphatic carbocycles. The van der Waals surface area contributed by atoms with Crippen molar-refractivity contribution in [1.29, 1.82) is 0 Å². The maximum atomic E-state index is 11.9. The number of carbonyl (C=O) groups is 1. The van der Waals surface area contributed by atoms with E-state index in [1.54, 1.807) is 14.2 Å². The van der Waals surface area contributed by atoms with Gasteiger partial charge in [-0.3, -0.25) is 0 Å². The highest BCUT2D eigenvalue weighted by molar-refractivity contribution is 7.01. The molecule has 626 valence electrons. The van der Waals surface area contributed by atoms with Gasteiger partial charge in [0.15, 0.2) is 0 Å². The van der Waals surface area contributed by atoms with Crippen LogP contribution in [-0.4, -0.2) is 175 Å². The van der Waals surface area contributed by atoms with Crippen LogP contribution >= 0.6 is 0 Å². The molecule has 1 N–H and O–H groups in total. The van der Waals surface area contributed by atoms with Gasteiger partial charge >= 0.3 is 0 Å². The van der Waals surface area contributed by atoms with Gasteiger partial charge in [0, 0.05) is 40.1 Å². The highest BCUT2D eigenvalue weighted by Crippen LogP contribution is 2.52. The van der Waals surface area contributed by atoms with E-state index in [2.05, 4.69) is 339 Å². The minimum Gasteiger partial charge on any atom is -0.399 e. The molecule has 117 heavy (non-hydrogen) atoms. The molecule has 6 fully saturated rings. The maximum Gasteiger partial charge on any atom is 0.261 e. The average Bonchev–Trinajstić information content (AvgIpc) is 1.66.